The Bertz CT molecular complexity index is 558. The number of likely N-dealkylation sites (N-methyl/N-ethyl adjacent to an activating group) is 2. The Morgan fingerprint density at radius 2 is 1.86 bits per heavy atom. The normalized spacial score (nSPS) is 11.6. The molecule has 0 aliphatic rings. The number of halogens is 1. The third-order valence-corrected chi connectivity index (χ3v) is 5.28. The van der Waals surface area contributed by atoms with Crippen LogP contribution in [-0.4, -0.2) is 51.2 Å². The smallest absolute Gasteiger partial charge is 0.234 e. The van der Waals surface area contributed by atoms with E-state index in [1.807, 2.05) is 18.7 Å². The van der Waals surface area contributed by atoms with Crippen molar-refractivity contribution in [3.63, 3.8) is 0 Å². The van der Waals surface area contributed by atoms with Crippen LogP contribution in [0.2, 0.25) is 0 Å². The quantitative estimate of drug-likeness (QED) is 0.749. The summed E-state index contributed by atoms with van der Waals surface area (Å²) in [6, 6.07) is 6.58. The third kappa shape index (κ3) is 6.15. The van der Waals surface area contributed by atoms with Crippen LogP contribution in [0.1, 0.15) is 13.8 Å². The first kappa shape index (κ1) is 18.1. The van der Waals surface area contributed by atoms with Crippen LogP contribution >= 0.6 is 15.9 Å². The Hall–Kier alpha value is -0.920. The molecule has 0 heterocycles. The van der Waals surface area contributed by atoms with Crippen LogP contribution in [0.5, 0.6) is 0 Å². The van der Waals surface area contributed by atoms with Gasteiger partial charge in [0.25, 0.3) is 0 Å². The zero-order valence-corrected chi connectivity index (χ0v) is 14.7. The minimum absolute atomic E-state index is 0.00186. The molecule has 0 spiro atoms. The van der Waals surface area contributed by atoms with Gasteiger partial charge in [0.2, 0.25) is 5.91 Å². The van der Waals surface area contributed by atoms with Crippen molar-refractivity contribution in [1.82, 2.24) is 10.2 Å². The van der Waals surface area contributed by atoms with Crippen LogP contribution < -0.4 is 5.32 Å². The summed E-state index contributed by atoms with van der Waals surface area (Å²) in [5.74, 6) is -0.0811. The summed E-state index contributed by atoms with van der Waals surface area (Å²) < 4.78 is 25.3. The molecule has 0 aliphatic carbocycles. The number of sulfone groups is 1. The molecule has 1 rings (SSSR count). The van der Waals surface area contributed by atoms with E-state index in [-0.39, 0.29) is 18.2 Å². The van der Waals surface area contributed by atoms with E-state index in [0.717, 1.165) is 4.47 Å². The van der Waals surface area contributed by atoms with Gasteiger partial charge in [0.15, 0.2) is 9.84 Å². The maximum absolute atomic E-state index is 12.2. The van der Waals surface area contributed by atoms with Crippen molar-refractivity contribution in [1.29, 1.82) is 0 Å². The third-order valence-electron chi connectivity index (χ3n) is 3.04. The summed E-state index contributed by atoms with van der Waals surface area (Å²) in [6.07, 6.45) is 0. The molecule has 0 saturated carbocycles. The number of carbonyl (C=O) groups is 1. The van der Waals surface area contributed by atoms with Crippen LogP contribution in [0.25, 0.3) is 0 Å². The molecule has 5 nitrogen and oxygen atoms in total. The Morgan fingerprint density at radius 1 is 1.24 bits per heavy atom. The van der Waals surface area contributed by atoms with Crippen molar-refractivity contribution < 1.29 is 13.2 Å². The molecule has 0 radical (unpaired) electrons. The number of rotatable bonds is 8. The molecule has 1 aromatic rings. The second kappa shape index (κ2) is 8.51. The molecule has 0 bridgehead atoms. The van der Waals surface area contributed by atoms with E-state index in [4.69, 9.17) is 0 Å². The fourth-order valence-corrected chi connectivity index (χ4v) is 3.36. The van der Waals surface area contributed by atoms with Crippen molar-refractivity contribution in [3.05, 3.63) is 28.7 Å². The van der Waals surface area contributed by atoms with Crippen molar-refractivity contribution in [2.24, 2.45) is 0 Å². The Labute approximate surface area is 134 Å². The summed E-state index contributed by atoms with van der Waals surface area (Å²) in [5, 5.41) is 2.71. The lowest BCUT2D eigenvalue weighted by molar-refractivity contribution is -0.122. The SMILES string of the molecule is CCNC(=O)CN(CC)CCS(=O)(=O)c1ccc(Br)cc1. The molecule has 0 aliphatic heterocycles. The summed E-state index contributed by atoms with van der Waals surface area (Å²) in [7, 11) is -3.32. The predicted octanol–water partition coefficient (Wildman–Crippen LogP) is 1.68. The fraction of sp³-hybridized carbons (Fsp3) is 0.500. The molecule has 1 aromatic carbocycles. The highest BCUT2D eigenvalue weighted by Gasteiger charge is 2.17. The van der Waals surface area contributed by atoms with E-state index in [9.17, 15) is 13.2 Å². The van der Waals surface area contributed by atoms with Gasteiger partial charge >= 0.3 is 0 Å². The summed E-state index contributed by atoms with van der Waals surface area (Å²) in [5.41, 5.74) is 0. The molecule has 21 heavy (non-hydrogen) atoms. The first-order chi connectivity index (χ1) is 9.89. The van der Waals surface area contributed by atoms with Gasteiger partial charge in [0, 0.05) is 17.6 Å². The number of amides is 1. The van der Waals surface area contributed by atoms with E-state index < -0.39 is 9.84 Å². The molecule has 0 unspecified atom stereocenters. The first-order valence-corrected chi connectivity index (χ1v) is 9.31. The lowest BCUT2D eigenvalue weighted by atomic mass is 10.4. The van der Waals surface area contributed by atoms with Gasteiger partial charge in [-0.2, -0.15) is 0 Å². The second-order valence-corrected chi connectivity index (χ2v) is 7.62. The highest BCUT2D eigenvalue weighted by molar-refractivity contribution is 9.10. The largest absolute Gasteiger partial charge is 0.355 e. The van der Waals surface area contributed by atoms with Crippen molar-refractivity contribution >= 4 is 31.7 Å². The molecule has 0 saturated heterocycles. The van der Waals surface area contributed by atoms with Gasteiger partial charge < -0.3 is 5.32 Å². The van der Waals surface area contributed by atoms with Crippen molar-refractivity contribution in [2.75, 3.05) is 31.9 Å². The first-order valence-electron chi connectivity index (χ1n) is 6.86. The molecule has 0 atom stereocenters. The maximum atomic E-state index is 12.2. The zero-order chi connectivity index (χ0) is 15.9. The number of nitrogens with zero attached hydrogens (tertiary/aromatic N) is 1. The van der Waals surface area contributed by atoms with Crippen LogP contribution in [-0.2, 0) is 14.6 Å². The van der Waals surface area contributed by atoms with E-state index in [1.165, 1.54) is 0 Å². The highest BCUT2D eigenvalue weighted by Crippen LogP contribution is 2.16. The van der Waals surface area contributed by atoms with E-state index in [2.05, 4.69) is 21.2 Å². The molecule has 0 fully saturated rings. The molecule has 7 heteroatoms. The summed E-state index contributed by atoms with van der Waals surface area (Å²) >= 11 is 3.28. The molecule has 1 N–H and O–H groups in total. The lowest BCUT2D eigenvalue weighted by Gasteiger charge is -2.19. The van der Waals surface area contributed by atoms with Gasteiger partial charge in [-0.15, -0.1) is 0 Å². The molecular formula is C14H21BrN2O3S. The average Bonchev–Trinajstić information content (AvgIpc) is 2.44. The molecular weight excluding hydrogens is 356 g/mol. The summed E-state index contributed by atoms with van der Waals surface area (Å²) in [6.45, 7) is 5.53. The number of carbonyl (C=O) groups excluding carboxylic acids is 1. The number of hydrogen-bond donors (Lipinski definition) is 1. The van der Waals surface area contributed by atoms with Gasteiger partial charge in [-0.1, -0.05) is 22.9 Å². The Balaban J connectivity index is 2.62. The van der Waals surface area contributed by atoms with Crippen LogP contribution in [0.15, 0.2) is 33.6 Å². The van der Waals surface area contributed by atoms with E-state index >= 15 is 0 Å². The van der Waals surface area contributed by atoms with E-state index in [0.29, 0.717) is 24.5 Å². The molecule has 118 valence electrons. The minimum atomic E-state index is -3.32. The van der Waals surface area contributed by atoms with Crippen LogP contribution in [0, 0.1) is 0 Å². The number of benzene rings is 1. The lowest BCUT2D eigenvalue weighted by Crippen LogP contribution is -2.39. The number of nitrogens with one attached hydrogen (secondary N) is 1. The number of hydrogen-bond acceptors (Lipinski definition) is 4. The molecule has 0 aromatic heterocycles. The zero-order valence-electron chi connectivity index (χ0n) is 12.3. The maximum Gasteiger partial charge on any atom is 0.234 e. The van der Waals surface area contributed by atoms with Gasteiger partial charge in [0.1, 0.15) is 0 Å². The van der Waals surface area contributed by atoms with Crippen LogP contribution in [0.4, 0.5) is 0 Å². The summed E-state index contributed by atoms with van der Waals surface area (Å²) in [4.78, 5) is 13.7. The van der Waals surface area contributed by atoms with Crippen LogP contribution in [0.3, 0.4) is 0 Å². The highest BCUT2D eigenvalue weighted by atomic mass is 79.9. The monoisotopic (exact) mass is 376 g/mol. The van der Waals surface area contributed by atoms with Gasteiger partial charge in [0.05, 0.1) is 17.2 Å². The second-order valence-electron chi connectivity index (χ2n) is 4.60. The fourth-order valence-electron chi connectivity index (χ4n) is 1.81. The standard InChI is InChI=1S/C14H21BrN2O3S/c1-3-16-14(18)11-17(4-2)9-10-21(19,20)13-7-5-12(15)6-8-13/h5-8H,3-4,9-11H2,1-2H3,(H,16,18). The predicted molar refractivity (Wildman–Crippen MR) is 87.0 cm³/mol. The van der Waals surface area contributed by atoms with Gasteiger partial charge in [-0.25, -0.2) is 8.42 Å². The Morgan fingerprint density at radius 3 is 2.38 bits per heavy atom. The topological polar surface area (TPSA) is 66.5 Å². The van der Waals surface area contributed by atoms with Gasteiger partial charge in [-0.05, 0) is 37.7 Å². The minimum Gasteiger partial charge on any atom is -0.355 e. The average molecular weight is 377 g/mol. The van der Waals surface area contributed by atoms with Crippen molar-refractivity contribution in [2.45, 2.75) is 18.7 Å². The van der Waals surface area contributed by atoms with Crippen molar-refractivity contribution in [3.8, 4) is 0 Å². The Kier molecular flexibility index (Phi) is 7.34. The van der Waals surface area contributed by atoms with Gasteiger partial charge in [-0.3, -0.25) is 9.69 Å². The molecule has 1 amide bonds. The van der Waals surface area contributed by atoms with E-state index in [1.54, 1.807) is 24.3 Å².